The van der Waals surface area contributed by atoms with E-state index in [0.717, 1.165) is 5.56 Å². The van der Waals surface area contributed by atoms with Gasteiger partial charge in [0.2, 0.25) is 6.79 Å². The summed E-state index contributed by atoms with van der Waals surface area (Å²) in [6.45, 7) is -1.17. The first-order valence-electron chi connectivity index (χ1n) is 10.6. The highest BCUT2D eigenvalue weighted by molar-refractivity contribution is 6.09. The van der Waals surface area contributed by atoms with Crippen LogP contribution in [0.15, 0.2) is 66.7 Å². The molecule has 0 saturated heterocycles. The van der Waals surface area contributed by atoms with Crippen LogP contribution < -0.4 is 20.1 Å². The molecule has 0 spiro atoms. The summed E-state index contributed by atoms with van der Waals surface area (Å²) in [6.07, 6.45) is -4.40. The van der Waals surface area contributed by atoms with Gasteiger partial charge in [-0.25, -0.2) is 0 Å². The molecule has 0 unspecified atom stereocenters. The molecular formula is C25H21F3N2O5. The van der Waals surface area contributed by atoms with E-state index in [9.17, 15) is 22.8 Å². The van der Waals surface area contributed by atoms with Crippen molar-refractivity contribution >= 4 is 17.5 Å². The third-order valence-electron chi connectivity index (χ3n) is 5.06. The van der Waals surface area contributed by atoms with Crippen molar-refractivity contribution in [3.8, 4) is 11.5 Å². The van der Waals surface area contributed by atoms with E-state index in [2.05, 4.69) is 15.4 Å². The van der Waals surface area contributed by atoms with E-state index in [-0.39, 0.29) is 37.0 Å². The number of anilines is 1. The molecule has 0 bridgehead atoms. The summed E-state index contributed by atoms with van der Waals surface area (Å²) >= 11 is 0. The maximum Gasteiger partial charge on any atom is 0.411 e. The van der Waals surface area contributed by atoms with Crippen molar-refractivity contribution < 1.29 is 37.0 Å². The maximum atomic E-state index is 12.8. The van der Waals surface area contributed by atoms with Gasteiger partial charge in [-0.3, -0.25) is 9.59 Å². The van der Waals surface area contributed by atoms with Crippen LogP contribution in [-0.2, 0) is 17.9 Å². The molecular weight excluding hydrogens is 465 g/mol. The number of nitrogens with one attached hydrogen (secondary N) is 2. The van der Waals surface area contributed by atoms with Crippen molar-refractivity contribution in [2.24, 2.45) is 0 Å². The summed E-state index contributed by atoms with van der Waals surface area (Å²) in [6, 6.07) is 17.9. The maximum absolute atomic E-state index is 12.8. The second-order valence-corrected chi connectivity index (χ2v) is 7.67. The van der Waals surface area contributed by atoms with E-state index in [4.69, 9.17) is 9.47 Å². The zero-order valence-electron chi connectivity index (χ0n) is 18.4. The number of benzene rings is 3. The number of fused-ring (bicyclic) bond motifs is 1. The van der Waals surface area contributed by atoms with E-state index in [1.807, 2.05) is 6.07 Å². The van der Waals surface area contributed by atoms with Crippen molar-refractivity contribution in [2.45, 2.75) is 19.3 Å². The largest absolute Gasteiger partial charge is 0.454 e. The molecule has 0 atom stereocenters. The lowest BCUT2D eigenvalue weighted by molar-refractivity contribution is -0.176. The van der Waals surface area contributed by atoms with Crippen LogP contribution in [0.5, 0.6) is 11.5 Å². The highest BCUT2D eigenvalue weighted by Gasteiger charge is 2.27. The molecule has 0 aromatic heterocycles. The van der Waals surface area contributed by atoms with Gasteiger partial charge < -0.3 is 24.8 Å². The number of carbonyl (C=O) groups is 2. The van der Waals surface area contributed by atoms with Crippen molar-refractivity contribution in [3.05, 3.63) is 89.0 Å². The van der Waals surface area contributed by atoms with Crippen LogP contribution in [0.4, 0.5) is 18.9 Å². The van der Waals surface area contributed by atoms with Gasteiger partial charge in [0.1, 0.15) is 6.61 Å². The average Bonchev–Trinajstić information content (AvgIpc) is 3.30. The van der Waals surface area contributed by atoms with Crippen LogP contribution in [0, 0.1) is 0 Å². The molecule has 1 aliphatic heterocycles. The average molecular weight is 486 g/mol. The second kappa shape index (κ2) is 10.5. The first kappa shape index (κ1) is 24.1. The van der Waals surface area contributed by atoms with Gasteiger partial charge in [0, 0.05) is 12.1 Å². The molecule has 0 saturated carbocycles. The molecule has 2 amide bonds. The predicted molar refractivity (Wildman–Crippen MR) is 120 cm³/mol. The predicted octanol–water partition coefficient (Wildman–Crippen LogP) is 4.68. The lowest BCUT2D eigenvalue weighted by atomic mass is 10.1. The third-order valence-corrected chi connectivity index (χ3v) is 5.06. The Morgan fingerprint density at radius 3 is 2.37 bits per heavy atom. The standard InChI is InChI=1S/C25H21F3N2O5/c26-25(27,28)14-33-13-16-5-8-18(9-6-16)23(31)30-20-4-2-1-3-19(20)24(32)29-12-17-7-10-21-22(11-17)35-15-34-21/h1-11H,12-15H2,(H,29,32)(H,30,31). The summed E-state index contributed by atoms with van der Waals surface area (Å²) in [4.78, 5) is 25.5. The fourth-order valence-electron chi connectivity index (χ4n) is 3.35. The Hall–Kier alpha value is -4.05. The van der Waals surface area contributed by atoms with Crippen molar-refractivity contribution in [3.63, 3.8) is 0 Å². The number of hydrogen-bond donors (Lipinski definition) is 2. The molecule has 0 radical (unpaired) electrons. The summed E-state index contributed by atoms with van der Waals surface area (Å²) in [5.74, 6) is 0.414. The molecule has 3 aromatic rings. The lowest BCUT2D eigenvalue weighted by Gasteiger charge is -2.12. The molecule has 3 aromatic carbocycles. The molecule has 1 aliphatic rings. The third kappa shape index (κ3) is 6.51. The molecule has 1 heterocycles. The number of alkyl halides is 3. The van der Waals surface area contributed by atoms with Gasteiger partial charge in [-0.05, 0) is 47.5 Å². The minimum Gasteiger partial charge on any atom is -0.454 e. The molecule has 35 heavy (non-hydrogen) atoms. The Morgan fingerprint density at radius 2 is 1.60 bits per heavy atom. The van der Waals surface area contributed by atoms with Crippen molar-refractivity contribution in [1.29, 1.82) is 0 Å². The minimum absolute atomic E-state index is 0.160. The normalized spacial score (nSPS) is 12.3. The quantitative estimate of drug-likeness (QED) is 0.483. The monoisotopic (exact) mass is 486 g/mol. The highest BCUT2D eigenvalue weighted by atomic mass is 19.4. The highest BCUT2D eigenvalue weighted by Crippen LogP contribution is 2.32. The summed E-state index contributed by atoms with van der Waals surface area (Å²) in [5.41, 5.74) is 2.19. The first-order valence-corrected chi connectivity index (χ1v) is 10.6. The Kier molecular flexibility index (Phi) is 7.21. The van der Waals surface area contributed by atoms with Gasteiger partial charge in [0.25, 0.3) is 11.8 Å². The van der Waals surface area contributed by atoms with Gasteiger partial charge in [-0.15, -0.1) is 0 Å². The lowest BCUT2D eigenvalue weighted by Crippen LogP contribution is -2.24. The van der Waals surface area contributed by atoms with Gasteiger partial charge in [0.15, 0.2) is 11.5 Å². The zero-order chi connectivity index (χ0) is 24.8. The van der Waals surface area contributed by atoms with E-state index >= 15 is 0 Å². The Labute approximate surface area is 198 Å². The molecule has 0 fully saturated rings. The number of ether oxygens (including phenoxy) is 3. The first-order chi connectivity index (χ1) is 16.8. The van der Waals surface area contributed by atoms with E-state index in [0.29, 0.717) is 22.7 Å². The summed E-state index contributed by atoms with van der Waals surface area (Å²) in [7, 11) is 0. The minimum atomic E-state index is -4.40. The molecule has 7 nitrogen and oxygen atoms in total. The second-order valence-electron chi connectivity index (χ2n) is 7.67. The van der Waals surface area contributed by atoms with E-state index < -0.39 is 18.7 Å². The summed E-state index contributed by atoms with van der Waals surface area (Å²) in [5, 5.41) is 5.52. The van der Waals surface area contributed by atoms with Crippen molar-refractivity contribution in [2.75, 3.05) is 18.7 Å². The van der Waals surface area contributed by atoms with Crippen LogP contribution in [-0.4, -0.2) is 31.4 Å². The van der Waals surface area contributed by atoms with Crippen LogP contribution in [0.3, 0.4) is 0 Å². The van der Waals surface area contributed by atoms with Crippen LogP contribution in [0.1, 0.15) is 31.8 Å². The Balaban J connectivity index is 1.36. The number of halogens is 3. The SMILES string of the molecule is O=C(Nc1ccccc1C(=O)NCc1ccc2c(c1)OCO2)c1ccc(COCC(F)(F)F)cc1. The topological polar surface area (TPSA) is 85.9 Å². The molecule has 182 valence electrons. The number of amides is 2. The van der Waals surface area contributed by atoms with Crippen LogP contribution >= 0.6 is 0 Å². The van der Waals surface area contributed by atoms with Gasteiger partial charge in [-0.1, -0.05) is 30.3 Å². The molecule has 10 heteroatoms. The fraction of sp³-hybridized carbons (Fsp3) is 0.200. The Bertz CT molecular complexity index is 1210. The Morgan fingerprint density at radius 1 is 0.886 bits per heavy atom. The summed E-state index contributed by atoms with van der Waals surface area (Å²) < 4.78 is 51.8. The van der Waals surface area contributed by atoms with E-state index in [1.165, 1.54) is 24.3 Å². The van der Waals surface area contributed by atoms with Gasteiger partial charge >= 0.3 is 6.18 Å². The zero-order valence-corrected chi connectivity index (χ0v) is 18.4. The van der Waals surface area contributed by atoms with Crippen molar-refractivity contribution in [1.82, 2.24) is 5.32 Å². The number of rotatable bonds is 8. The van der Waals surface area contributed by atoms with Gasteiger partial charge in [0.05, 0.1) is 17.9 Å². The number of para-hydroxylation sites is 1. The fourth-order valence-corrected chi connectivity index (χ4v) is 3.35. The van der Waals surface area contributed by atoms with Crippen LogP contribution in [0.25, 0.3) is 0 Å². The number of carbonyl (C=O) groups excluding carboxylic acids is 2. The molecule has 0 aliphatic carbocycles. The van der Waals surface area contributed by atoms with E-state index in [1.54, 1.807) is 36.4 Å². The molecule has 2 N–H and O–H groups in total. The van der Waals surface area contributed by atoms with Gasteiger partial charge in [-0.2, -0.15) is 13.2 Å². The number of hydrogen-bond acceptors (Lipinski definition) is 5. The van der Waals surface area contributed by atoms with Crippen LogP contribution in [0.2, 0.25) is 0 Å². The molecule has 4 rings (SSSR count). The smallest absolute Gasteiger partial charge is 0.411 e.